The van der Waals surface area contributed by atoms with Gasteiger partial charge in [-0.15, -0.1) is 0 Å². The second kappa shape index (κ2) is 6.65. The van der Waals surface area contributed by atoms with Crippen LogP contribution in [0.3, 0.4) is 0 Å². The molecule has 0 atom stereocenters. The van der Waals surface area contributed by atoms with Crippen LogP contribution in [0.5, 0.6) is 0 Å². The summed E-state index contributed by atoms with van der Waals surface area (Å²) in [6.07, 6.45) is 3.56. The predicted octanol–water partition coefficient (Wildman–Crippen LogP) is 5.18. The summed E-state index contributed by atoms with van der Waals surface area (Å²) in [6, 6.07) is 24.8. The molecule has 0 bridgehead atoms. The fourth-order valence-electron chi connectivity index (χ4n) is 2.85. The van der Waals surface area contributed by atoms with Crippen molar-refractivity contribution < 1.29 is 0 Å². The Kier molecular flexibility index (Phi) is 4.05. The van der Waals surface area contributed by atoms with Gasteiger partial charge in [-0.2, -0.15) is 0 Å². The van der Waals surface area contributed by atoms with Gasteiger partial charge in [0.15, 0.2) is 0 Å². The molecular formula is C22H17N3. The Hall–Kier alpha value is -3.33. The fraction of sp³-hybridized carbons (Fsp3) is 0.0455. The minimum atomic E-state index is 0.761. The lowest BCUT2D eigenvalue weighted by atomic mass is 10.0. The Morgan fingerprint density at radius 2 is 1.08 bits per heavy atom. The van der Waals surface area contributed by atoms with Gasteiger partial charge < -0.3 is 0 Å². The maximum atomic E-state index is 4.61. The van der Waals surface area contributed by atoms with Crippen molar-refractivity contribution in [3.63, 3.8) is 0 Å². The molecule has 0 amide bonds. The number of rotatable bonds is 3. The third-order valence-corrected chi connectivity index (χ3v) is 4.10. The molecule has 0 saturated carbocycles. The zero-order chi connectivity index (χ0) is 17.1. The van der Waals surface area contributed by atoms with Crippen LogP contribution in [0.15, 0.2) is 85.2 Å². The summed E-state index contributed by atoms with van der Waals surface area (Å²) in [5.41, 5.74) is 6.38. The van der Waals surface area contributed by atoms with E-state index in [1.54, 1.807) is 12.4 Å². The molecule has 2 aromatic heterocycles. The van der Waals surface area contributed by atoms with E-state index in [0.717, 1.165) is 28.3 Å². The van der Waals surface area contributed by atoms with Crippen molar-refractivity contribution in [1.82, 2.24) is 15.0 Å². The van der Waals surface area contributed by atoms with Gasteiger partial charge in [-0.05, 0) is 36.2 Å². The van der Waals surface area contributed by atoms with Crippen molar-refractivity contribution in [3.8, 4) is 33.6 Å². The molecule has 0 unspecified atom stereocenters. The van der Waals surface area contributed by atoms with Gasteiger partial charge in [-0.25, -0.2) is 9.97 Å². The number of aryl methyl sites for hydroxylation is 1. The van der Waals surface area contributed by atoms with E-state index in [1.165, 1.54) is 11.1 Å². The van der Waals surface area contributed by atoms with E-state index in [-0.39, 0.29) is 0 Å². The van der Waals surface area contributed by atoms with E-state index < -0.39 is 0 Å². The highest BCUT2D eigenvalue weighted by molar-refractivity contribution is 5.71. The molecule has 4 aromatic rings. The number of hydrogen-bond acceptors (Lipinski definition) is 3. The molecule has 0 aliphatic heterocycles. The third-order valence-electron chi connectivity index (χ3n) is 4.10. The largest absolute Gasteiger partial charge is 0.265 e. The van der Waals surface area contributed by atoms with Crippen LogP contribution in [0.4, 0.5) is 0 Å². The van der Waals surface area contributed by atoms with Crippen LogP contribution in [0, 0.1) is 6.92 Å². The van der Waals surface area contributed by atoms with Crippen molar-refractivity contribution in [2.75, 3.05) is 0 Å². The highest BCUT2D eigenvalue weighted by atomic mass is 14.9. The van der Waals surface area contributed by atoms with Gasteiger partial charge in [-0.1, -0.05) is 54.6 Å². The lowest BCUT2D eigenvalue weighted by molar-refractivity contribution is 1.06. The summed E-state index contributed by atoms with van der Waals surface area (Å²) in [5.74, 6) is 0.761. The SMILES string of the molecule is Cc1nc(-c2ccncc2)cc(-c2ccc(-c3ccccc3)cc2)n1. The fourth-order valence-corrected chi connectivity index (χ4v) is 2.85. The molecule has 0 saturated heterocycles. The number of benzene rings is 2. The van der Waals surface area contributed by atoms with Crippen molar-refractivity contribution in [1.29, 1.82) is 0 Å². The summed E-state index contributed by atoms with van der Waals surface area (Å²) < 4.78 is 0. The smallest absolute Gasteiger partial charge is 0.126 e. The molecule has 2 aromatic carbocycles. The molecular weight excluding hydrogens is 306 g/mol. The molecule has 3 nitrogen and oxygen atoms in total. The predicted molar refractivity (Wildman–Crippen MR) is 101 cm³/mol. The Labute approximate surface area is 147 Å². The number of aromatic nitrogens is 3. The normalized spacial score (nSPS) is 10.6. The molecule has 0 spiro atoms. The van der Waals surface area contributed by atoms with Crippen LogP contribution in [-0.4, -0.2) is 15.0 Å². The van der Waals surface area contributed by atoms with E-state index in [0.29, 0.717) is 0 Å². The highest BCUT2D eigenvalue weighted by Gasteiger charge is 2.07. The van der Waals surface area contributed by atoms with Gasteiger partial charge in [0.25, 0.3) is 0 Å². The van der Waals surface area contributed by atoms with Crippen LogP contribution >= 0.6 is 0 Å². The van der Waals surface area contributed by atoms with Crippen LogP contribution in [0.1, 0.15) is 5.82 Å². The van der Waals surface area contributed by atoms with Gasteiger partial charge in [0.05, 0.1) is 11.4 Å². The summed E-state index contributed by atoms with van der Waals surface area (Å²) in [5, 5.41) is 0. The van der Waals surface area contributed by atoms with Crippen LogP contribution in [-0.2, 0) is 0 Å². The van der Waals surface area contributed by atoms with Crippen LogP contribution in [0.2, 0.25) is 0 Å². The molecule has 0 fully saturated rings. The maximum absolute atomic E-state index is 4.61. The first-order valence-corrected chi connectivity index (χ1v) is 8.21. The first-order valence-electron chi connectivity index (χ1n) is 8.21. The van der Waals surface area contributed by atoms with E-state index >= 15 is 0 Å². The zero-order valence-corrected chi connectivity index (χ0v) is 13.9. The average Bonchev–Trinajstić information content (AvgIpc) is 2.69. The zero-order valence-electron chi connectivity index (χ0n) is 13.9. The van der Waals surface area contributed by atoms with E-state index in [2.05, 4.69) is 63.5 Å². The molecule has 0 aliphatic carbocycles. The van der Waals surface area contributed by atoms with Crippen molar-refractivity contribution in [2.45, 2.75) is 6.92 Å². The van der Waals surface area contributed by atoms with E-state index in [9.17, 15) is 0 Å². The minimum absolute atomic E-state index is 0.761. The Balaban J connectivity index is 1.71. The maximum Gasteiger partial charge on any atom is 0.126 e. The standard InChI is InChI=1S/C22H17N3/c1-16-24-21(15-22(25-16)20-11-13-23-14-12-20)19-9-7-18(8-10-19)17-5-3-2-4-6-17/h2-15H,1H3. The molecule has 25 heavy (non-hydrogen) atoms. The molecule has 0 radical (unpaired) electrons. The van der Waals surface area contributed by atoms with Crippen molar-refractivity contribution in [3.05, 3.63) is 91.0 Å². The summed E-state index contributed by atoms with van der Waals surface area (Å²) in [7, 11) is 0. The second-order valence-corrected chi connectivity index (χ2v) is 5.86. The lowest BCUT2D eigenvalue weighted by Crippen LogP contribution is -1.94. The average molecular weight is 323 g/mol. The van der Waals surface area contributed by atoms with E-state index in [4.69, 9.17) is 0 Å². The van der Waals surface area contributed by atoms with Gasteiger partial charge >= 0.3 is 0 Å². The number of pyridine rings is 1. The van der Waals surface area contributed by atoms with Gasteiger partial charge in [-0.3, -0.25) is 4.98 Å². The summed E-state index contributed by atoms with van der Waals surface area (Å²) in [6.45, 7) is 1.92. The number of hydrogen-bond donors (Lipinski definition) is 0. The van der Waals surface area contributed by atoms with Gasteiger partial charge in [0, 0.05) is 23.5 Å². The Morgan fingerprint density at radius 1 is 0.560 bits per heavy atom. The Bertz CT molecular complexity index is 979. The third kappa shape index (κ3) is 3.31. The van der Waals surface area contributed by atoms with Crippen molar-refractivity contribution >= 4 is 0 Å². The molecule has 120 valence electrons. The molecule has 0 N–H and O–H groups in total. The monoisotopic (exact) mass is 323 g/mol. The summed E-state index contributed by atoms with van der Waals surface area (Å²) in [4.78, 5) is 13.2. The second-order valence-electron chi connectivity index (χ2n) is 5.86. The summed E-state index contributed by atoms with van der Waals surface area (Å²) >= 11 is 0. The highest BCUT2D eigenvalue weighted by Crippen LogP contribution is 2.26. The Morgan fingerprint density at radius 3 is 1.72 bits per heavy atom. The van der Waals surface area contributed by atoms with Crippen LogP contribution < -0.4 is 0 Å². The lowest BCUT2D eigenvalue weighted by Gasteiger charge is -2.08. The number of nitrogens with zero attached hydrogens (tertiary/aromatic N) is 3. The molecule has 4 rings (SSSR count). The molecule has 2 heterocycles. The van der Waals surface area contributed by atoms with Crippen molar-refractivity contribution in [2.24, 2.45) is 0 Å². The topological polar surface area (TPSA) is 38.7 Å². The van der Waals surface area contributed by atoms with Gasteiger partial charge in [0.2, 0.25) is 0 Å². The van der Waals surface area contributed by atoms with E-state index in [1.807, 2.05) is 31.2 Å². The van der Waals surface area contributed by atoms with Crippen LogP contribution in [0.25, 0.3) is 33.6 Å². The minimum Gasteiger partial charge on any atom is -0.265 e. The molecule has 0 aliphatic rings. The first-order chi connectivity index (χ1) is 12.3. The quantitative estimate of drug-likeness (QED) is 0.521. The van der Waals surface area contributed by atoms with Gasteiger partial charge in [0.1, 0.15) is 5.82 Å². The first kappa shape index (κ1) is 15.2. The molecule has 3 heteroatoms.